The first-order valence-electron chi connectivity index (χ1n) is 9.56. The van der Waals surface area contributed by atoms with E-state index in [1.54, 1.807) is 18.3 Å². The molecular weight excluding hydrogens is 401 g/mol. The quantitative estimate of drug-likeness (QED) is 0.448. The standard InChI is InChI=1S/C20H23F3N4OS/c21-20(22,23)15-7-8-17(27-10-3-1-2-4-11-27)16(12-15)25-19(29)26-18(28)14-6-5-9-24-13-14/h5-9,12-13,18,28H,1-4,10-11H2,(H2,25,26,29)/p+1. The van der Waals surface area contributed by atoms with Gasteiger partial charge in [0.15, 0.2) is 17.0 Å². The maximum atomic E-state index is 13.2. The Morgan fingerprint density at radius 3 is 2.48 bits per heavy atom. The Morgan fingerprint density at radius 2 is 1.86 bits per heavy atom. The first-order chi connectivity index (χ1) is 13.8. The number of nitrogens with zero attached hydrogens (tertiary/aromatic N) is 1. The second kappa shape index (κ2) is 9.51. The molecule has 0 amide bonds. The summed E-state index contributed by atoms with van der Waals surface area (Å²) in [5, 5.41) is 15.8. The van der Waals surface area contributed by atoms with Gasteiger partial charge in [0, 0.05) is 24.0 Å². The smallest absolute Gasteiger partial charge is 0.369 e. The van der Waals surface area contributed by atoms with Crippen molar-refractivity contribution in [3.8, 4) is 0 Å². The summed E-state index contributed by atoms with van der Waals surface area (Å²) < 4.78 is 39.7. The van der Waals surface area contributed by atoms with E-state index in [-0.39, 0.29) is 5.11 Å². The van der Waals surface area contributed by atoms with Crippen molar-refractivity contribution in [2.75, 3.05) is 18.4 Å². The van der Waals surface area contributed by atoms with Crippen molar-refractivity contribution in [2.24, 2.45) is 0 Å². The lowest BCUT2D eigenvalue weighted by Crippen LogP contribution is -3.07. The van der Waals surface area contributed by atoms with Crippen LogP contribution in [0.25, 0.3) is 0 Å². The molecule has 1 aromatic heterocycles. The van der Waals surface area contributed by atoms with Crippen molar-refractivity contribution < 1.29 is 23.2 Å². The van der Waals surface area contributed by atoms with Crippen LogP contribution < -0.4 is 15.5 Å². The molecule has 2 heterocycles. The first-order valence-corrected chi connectivity index (χ1v) is 9.97. The minimum Gasteiger partial charge on any atom is -0.369 e. The Hall–Kier alpha value is -2.23. The zero-order chi connectivity index (χ0) is 20.9. The molecule has 0 bridgehead atoms. The molecule has 0 aliphatic carbocycles. The van der Waals surface area contributed by atoms with E-state index in [4.69, 9.17) is 12.2 Å². The van der Waals surface area contributed by atoms with Crippen molar-refractivity contribution in [2.45, 2.75) is 38.1 Å². The summed E-state index contributed by atoms with van der Waals surface area (Å²) in [5.74, 6) is 0. The molecule has 156 valence electrons. The second-order valence-corrected chi connectivity index (χ2v) is 7.47. The van der Waals surface area contributed by atoms with Crippen LogP contribution in [-0.4, -0.2) is 28.3 Å². The van der Waals surface area contributed by atoms with Crippen molar-refractivity contribution in [1.29, 1.82) is 0 Å². The SMILES string of the molecule is OC(NC(=S)Nc1cc(C(F)(F)F)ccc1[NH+]1CCCCCC1)c1cccnc1. The van der Waals surface area contributed by atoms with Crippen LogP contribution in [0.5, 0.6) is 0 Å². The fourth-order valence-electron chi connectivity index (χ4n) is 3.46. The van der Waals surface area contributed by atoms with Crippen LogP contribution in [0.15, 0.2) is 42.7 Å². The fourth-order valence-corrected chi connectivity index (χ4v) is 3.68. The molecule has 1 saturated heterocycles. The minimum absolute atomic E-state index is 0.0381. The highest BCUT2D eigenvalue weighted by Gasteiger charge is 2.32. The van der Waals surface area contributed by atoms with Gasteiger partial charge in [-0.15, -0.1) is 0 Å². The zero-order valence-corrected chi connectivity index (χ0v) is 16.6. The van der Waals surface area contributed by atoms with Gasteiger partial charge in [0.25, 0.3) is 0 Å². The molecule has 1 atom stereocenters. The van der Waals surface area contributed by atoms with Crippen LogP contribution in [0, 0.1) is 0 Å². The molecule has 9 heteroatoms. The highest BCUT2D eigenvalue weighted by Crippen LogP contribution is 2.33. The van der Waals surface area contributed by atoms with Gasteiger partial charge in [0.2, 0.25) is 0 Å². The minimum atomic E-state index is -4.45. The molecule has 0 saturated carbocycles. The average molecular weight is 426 g/mol. The van der Waals surface area contributed by atoms with Crippen LogP contribution in [0.4, 0.5) is 24.5 Å². The van der Waals surface area contributed by atoms with Crippen molar-refractivity contribution in [1.82, 2.24) is 10.3 Å². The lowest BCUT2D eigenvalue weighted by molar-refractivity contribution is -0.831. The number of quaternary nitrogens is 1. The lowest BCUT2D eigenvalue weighted by Gasteiger charge is -2.22. The monoisotopic (exact) mass is 425 g/mol. The van der Waals surface area contributed by atoms with Gasteiger partial charge in [-0.25, -0.2) is 0 Å². The summed E-state index contributed by atoms with van der Waals surface area (Å²) in [6, 6.07) is 7.05. The number of aliphatic hydroxyl groups excluding tert-OH is 1. The number of nitrogens with one attached hydrogen (secondary N) is 3. The third kappa shape index (κ3) is 5.88. The summed E-state index contributed by atoms with van der Waals surface area (Å²) in [7, 11) is 0. The average Bonchev–Trinajstić information content (AvgIpc) is 2.97. The van der Waals surface area contributed by atoms with Crippen molar-refractivity contribution >= 4 is 28.7 Å². The molecule has 1 unspecified atom stereocenters. The fraction of sp³-hybridized carbons (Fsp3) is 0.400. The topological polar surface area (TPSA) is 61.6 Å². The number of hydrogen-bond donors (Lipinski definition) is 4. The van der Waals surface area contributed by atoms with Gasteiger partial charge in [-0.1, -0.05) is 6.07 Å². The number of benzene rings is 1. The van der Waals surface area contributed by atoms with Crippen molar-refractivity contribution in [3.05, 3.63) is 53.9 Å². The number of hydrogen-bond acceptors (Lipinski definition) is 3. The molecule has 29 heavy (non-hydrogen) atoms. The van der Waals surface area contributed by atoms with Gasteiger partial charge < -0.3 is 20.6 Å². The number of halogens is 3. The number of rotatable bonds is 4. The molecule has 1 aromatic carbocycles. The molecule has 1 fully saturated rings. The number of aliphatic hydroxyl groups is 1. The maximum absolute atomic E-state index is 13.2. The van der Waals surface area contributed by atoms with Gasteiger partial charge in [-0.3, -0.25) is 4.98 Å². The molecule has 1 aliphatic heterocycles. The normalized spacial score (nSPS) is 16.7. The Balaban J connectivity index is 1.81. The molecule has 0 radical (unpaired) electrons. The maximum Gasteiger partial charge on any atom is 0.416 e. The van der Waals surface area contributed by atoms with Gasteiger partial charge in [-0.2, -0.15) is 13.2 Å². The van der Waals surface area contributed by atoms with Gasteiger partial charge in [-0.05, 0) is 56.1 Å². The highest BCUT2D eigenvalue weighted by atomic mass is 32.1. The predicted molar refractivity (Wildman–Crippen MR) is 109 cm³/mol. The number of thiocarbonyl (C=S) groups is 1. The third-order valence-corrected chi connectivity index (χ3v) is 5.17. The largest absolute Gasteiger partial charge is 0.416 e. The third-order valence-electron chi connectivity index (χ3n) is 4.95. The molecule has 4 N–H and O–H groups in total. The van der Waals surface area contributed by atoms with Gasteiger partial charge >= 0.3 is 6.18 Å². The lowest BCUT2D eigenvalue weighted by atomic mass is 10.1. The molecule has 0 spiro atoms. The van der Waals surface area contributed by atoms with Crippen LogP contribution in [0.2, 0.25) is 0 Å². The van der Waals surface area contributed by atoms with Crippen molar-refractivity contribution in [3.63, 3.8) is 0 Å². The van der Waals surface area contributed by atoms with E-state index >= 15 is 0 Å². The first kappa shape index (κ1) is 21.5. The summed E-state index contributed by atoms with van der Waals surface area (Å²) >= 11 is 5.24. The Morgan fingerprint density at radius 1 is 1.14 bits per heavy atom. The van der Waals surface area contributed by atoms with E-state index in [2.05, 4.69) is 15.6 Å². The molecule has 1 aliphatic rings. The number of anilines is 1. The Bertz CT molecular complexity index is 824. The van der Waals surface area contributed by atoms with E-state index in [9.17, 15) is 18.3 Å². The van der Waals surface area contributed by atoms with Gasteiger partial charge in [0.1, 0.15) is 5.69 Å². The summed E-state index contributed by atoms with van der Waals surface area (Å²) in [5.41, 5.74) is 0.806. The van der Waals surface area contributed by atoms with Crippen LogP contribution in [0.3, 0.4) is 0 Å². The molecule has 2 aromatic rings. The van der Waals surface area contributed by atoms with E-state index in [0.717, 1.165) is 61.5 Å². The molecule has 5 nitrogen and oxygen atoms in total. The highest BCUT2D eigenvalue weighted by molar-refractivity contribution is 7.80. The Kier molecular flexibility index (Phi) is 7.05. The van der Waals surface area contributed by atoms with Crippen LogP contribution in [-0.2, 0) is 6.18 Å². The van der Waals surface area contributed by atoms with Crippen LogP contribution >= 0.6 is 12.2 Å². The number of alkyl halides is 3. The Labute approximate surface area is 172 Å². The van der Waals surface area contributed by atoms with E-state index in [1.165, 1.54) is 12.3 Å². The van der Waals surface area contributed by atoms with E-state index in [0.29, 0.717) is 11.3 Å². The molecule has 3 rings (SSSR count). The molecular formula is C20H24F3N4OS+. The summed E-state index contributed by atoms with van der Waals surface area (Å²) in [4.78, 5) is 5.06. The predicted octanol–water partition coefficient (Wildman–Crippen LogP) is 3.17. The zero-order valence-electron chi connectivity index (χ0n) is 15.8. The summed E-state index contributed by atoms with van der Waals surface area (Å²) in [6.07, 6.45) is 1.80. The second-order valence-electron chi connectivity index (χ2n) is 7.06. The van der Waals surface area contributed by atoms with Crippen LogP contribution in [0.1, 0.15) is 43.0 Å². The summed E-state index contributed by atoms with van der Waals surface area (Å²) in [6.45, 7) is 1.72. The van der Waals surface area contributed by atoms with E-state index < -0.39 is 18.0 Å². The van der Waals surface area contributed by atoms with E-state index in [1.807, 2.05) is 0 Å². The number of pyridine rings is 1. The number of aromatic nitrogens is 1. The van der Waals surface area contributed by atoms with Gasteiger partial charge in [0.05, 0.1) is 18.7 Å².